The zero-order valence-electron chi connectivity index (χ0n) is 30.7. The molecule has 288 valence electrons. The van der Waals surface area contributed by atoms with E-state index in [4.69, 9.17) is 10.8 Å². The van der Waals surface area contributed by atoms with E-state index in [1.165, 1.54) is 11.0 Å². The number of carbonyl (C=O) groups is 2. The van der Waals surface area contributed by atoms with Crippen LogP contribution in [0.2, 0.25) is 0 Å². The van der Waals surface area contributed by atoms with E-state index in [1.807, 2.05) is 102 Å². The van der Waals surface area contributed by atoms with Crippen molar-refractivity contribution >= 4 is 34.7 Å². The van der Waals surface area contributed by atoms with Crippen molar-refractivity contribution in [3.8, 4) is 11.4 Å². The van der Waals surface area contributed by atoms with Gasteiger partial charge in [0.1, 0.15) is 12.7 Å². The van der Waals surface area contributed by atoms with Gasteiger partial charge >= 0.3 is 5.97 Å². The van der Waals surface area contributed by atoms with Gasteiger partial charge in [0.25, 0.3) is 11.7 Å². The van der Waals surface area contributed by atoms with Crippen molar-refractivity contribution < 1.29 is 14.7 Å². The molecule has 6 aromatic heterocycles. The van der Waals surface area contributed by atoms with Gasteiger partial charge in [0.15, 0.2) is 17.3 Å². The van der Waals surface area contributed by atoms with Gasteiger partial charge in [-0.3, -0.25) is 4.79 Å². The summed E-state index contributed by atoms with van der Waals surface area (Å²) in [5.41, 5.74) is 9.53. The molecule has 18 heteroatoms. The fraction of sp³-hybridized carbons (Fsp3) is 0.205. The Bertz CT molecular complexity index is 2580. The van der Waals surface area contributed by atoms with E-state index >= 15 is 0 Å². The van der Waals surface area contributed by atoms with Gasteiger partial charge in [-0.05, 0) is 49.2 Å². The second-order valence-electron chi connectivity index (χ2n) is 13.4. The topological polar surface area (TPSA) is 208 Å². The number of fused-ring (bicyclic) bond motifs is 2. The first kappa shape index (κ1) is 36.5. The molecule has 8 aromatic rings. The molecule has 4 N–H and O–H groups in total. The van der Waals surface area contributed by atoms with Crippen LogP contribution in [0.5, 0.6) is 0 Å². The third-order valence-electron chi connectivity index (χ3n) is 9.49. The number of rotatable bonds is 7. The molecule has 2 saturated heterocycles. The van der Waals surface area contributed by atoms with Gasteiger partial charge < -0.3 is 34.8 Å². The Balaban J connectivity index is 0.000000132. The van der Waals surface area contributed by atoms with Crippen LogP contribution in [0, 0.1) is 0 Å². The Morgan fingerprint density at radius 2 is 1.25 bits per heavy atom. The van der Waals surface area contributed by atoms with Crippen LogP contribution in [0.1, 0.15) is 34.1 Å². The summed E-state index contributed by atoms with van der Waals surface area (Å²) < 4.78 is 7.04. The van der Waals surface area contributed by atoms with E-state index in [1.54, 1.807) is 23.4 Å². The maximum atomic E-state index is 12.6. The molecule has 0 spiro atoms. The van der Waals surface area contributed by atoms with Gasteiger partial charge in [-0.15, -0.1) is 10.2 Å². The monoisotopic (exact) mass is 765 g/mol. The predicted molar refractivity (Wildman–Crippen MR) is 211 cm³/mol. The molecule has 2 aromatic carbocycles. The van der Waals surface area contributed by atoms with E-state index in [0.717, 1.165) is 66.7 Å². The molecule has 10 rings (SSSR count). The number of anilines is 2. The van der Waals surface area contributed by atoms with Crippen LogP contribution in [0.15, 0.2) is 129 Å². The first-order chi connectivity index (χ1) is 27.9. The summed E-state index contributed by atoms with van der Waals surface area (Å²) in [6, 6.07) is 23.2. The lowest BCUT2D eigenvalue weighted by molar-refractivity contribution is 0.0683. The van der Waals surface area contributed by atoms with Crippen molar-refractivity contribution in [2.24, 2.45) is 5.73 Å². The molecule has 2 fully saturated rings. The minimum atomic E-state index is -1.13. The molecule has 0 radical (unpaired) electrons. The molecule has 2 atom stereocenters. The minimum absolute atomic E-state index is 0.00759. The Labute approximate surface area is 325 Å². The molecule has 2 aliphatic heterocycles. The highest BCUT2D eigenvalue weighted by Crippen LogP contribution is 2.23. The maximum Gasteiger partial charge on any atom is 0.375 e. The molecule has 0 unspecified atom stereocenters. The number of nitrogens with one attached hydrogen (secondary N) is 1. The van der Waals surface area contributed by atoms with E-state index in [-0.39, 0.29) is 23.6 Å². The second-order valence-corrected chi connectivity index (χ2v) is 13.4. The van der Waals surface area contributed by atoms with Crippen LogP contribution < -0.4 is 20.9 Å². The molecule has 57 heavy (non-hydrogen) atoms. The zero-order chi connectivity index (χ0) is 39.1. The number of hydrogen-bond acceptors (Lipinski definition) is 12. The van der Waals surface area contributed by atoms with Crippen molar-refractivity contribution in [1.29, 1.82) is 0 Å². The highest BCUT2D eigenvalue weighted by molar-refractivity contribution is 5.90. The number of benzene rings is 2. The largest absolute Gasteiger partial charge is 0.475 e. The number of aromatic nitrogens is 11. The average Bonchev–Trinajstić information content (AvgIpc) is 4.10. The first-order valence-electron chi connectivity index (χ1n) is 18.3. The summed E-state index contributed by atoms with van der Waals surface area (Å²) in [7, 11) is 0. The lowest BCUT2D eigenvalue weighted by Gasteiger charge is -2.18. The third kappa shape index (κ3) is 8.30. The van der Waals surface area contributed by atoms with Crippen molar-refractivity contribution in [2.75, 3.05) is 36.0 Å². The lowest BCUT2D eigenvalue weighted by atomic mass is 10.2. The minimum Gasteiger partial charge on any atom is -0.475 e. The number of nitrogens with zero attached hydrogens (tertiary/aromatic N) is 13. The summed E-state index contributed by atoms with van der Waals surface area (Å²) in [6.45, 7) is 3.40. The van der Waals surface area contributed by atoms with Gasteiger partial charge in [0, 0.05) is 81.6 Å². The van der Waals surface area contributed by atoms with E-state index in [2.05, 4.69) is 60.7 Å². The second kappa shape index (κ2) is 16.5. The third-order valence-corrected chi connectivity index (χ3v) is 9.49. The molecule has 8 heterocycles. The van der Waals surface area contributed by atoms with Crippen LogP contribution in [0.3, 0.4) is 0 Å². The number of aromatic carboxylic acids is 1. The van der Waals surface area contributed by atoms with Crippen molar-refractivity contribution in [3.05, 3.63) is 140 Å². The van der Waals surface area contributed by atoms with Crippen LogP contribution in [-0.4, -0.2) is 109 Å². The van der Waals surface area contributed by atoms with Crippen LogP contribution >= 0.6 is 0 Å². The molecule has 0 aliphatic carbocycles. The summed E-state index contributed by atoms with van der Waals surface area (Å²) in [5.74, 6) is 0.448. The first-order valence-corrected chi connectivity index (χ1v) is 18.3. The molecule has 18 nitrogen and oxygen atoms in total. The molecule has 0 bridgehead atoms. The van der Waals surface area contributed by atoms with E-state index in [9.17, 15) is 9.59 Å². The van der Waals surface area contributed by atoms with Gasteiger partial charge in [-0.2, -0.15) is 0 Å². The number of hydrogen-bond donors (Lipinski definition) is 3. The predicted octanol–water partition coefficient (Wildman–Crippen LogP) is 3.16. The van der Waals surface area contributed by atoms with Gasteiger partial charge in [0.05, 0.1) is 16.9 Å². The van der Waals surface area contributed by atoms with Gasteiger partial charge in [0.2, 0.25) is 5.82 Å². The molecular weight excluding hydrogens is 727 g/mol. The number of amides is 1. The molecule has 2 aliphatic rings. The number of carboxylic acids is 1. The Hall–Kier alpha value is -7.47. The lowest BCUT2D eigenvalue weighted by Crippen LogP contribution is -2.37. The smallest absolute Gasteiger partial charge is 0.375 e. The van der Waals surface area contributed by atoms with Gasteiger partial charge in [-0.25, -0.2) is 39.1 Å². The Morgan fingerprint density at radius 1 is 0.649 bits per heavy atom. The highest BCUT2D eigenvalue weighted by atomic mass is 16.4. The van der Waals surface area contributed by atoms with E-state index in [0.29, 0.717) is 12.6 Å². The van der Waals surface area contributed by atoms with Crippen LogP contribution in [0.25, 0.3) is 22.5 Å². The summed E-state index contributed by atoms with van der Waals surface area (Å²) in [5, 5.41) is 19.7. The average molecular weight is 766 g/mol. The van der Waals surface area contributed by atoms with Gasteiger partial charge in [-0.1, -0.05) is 36.4 Å². The van der Waals surface area contributed by atoms with Crippen molar-refractivity contribution in [2.45, 2.75) is 24.9 Å². The summed E-state index contributed by atoms with van der Waals surface area (Å²) in [6.07, 6.45) is 17.9. The fourth-order valence-electron chi connectivity index (χ4n) is 6.70. The van der Waals surface area contributed by atoms with Crippen LogP contribution in [0.4, 0.5) is 11.6 Å². The normalized spacial score (nSPS) is 16.2. The number of carbonyl (C=O) groups excluding carboxylic acids is 1. The SMILES string of the molecule is N[C@@H]1CCN(c2nccn3cccc23)C1.O=C(N[C@@H]1CCN(c2nccn3ccnc23)C1)c1ncn(-c2ccccc2)n1.O=C(O)c1ncn(-c2ccccc2)n1. The van der Waals surface area contributed by atoms with Crippen LogP contribution in [-0.2, 0) is 0 Å². The highest BCUT2D eigenvalue weighted by Gasteiger charge is 2.28. The maximum absolute atomic E-state index is 12.6. The number of nitrogens with two attached hydrogens (primary N) is 1. The quantitative estimate of drug-likeness (QED) is 0.213. The van der Waals surface area contributed by atoms with Crippen molar-refractivity contribution in [1.82, 2.24) is 58.6 Å². The number of imidazole rings is 1. The van der Waals surface area contributed by atoms with Crippen molar-refractivity contribution in [3.63, 3.8) is 0 Å². The Kier molecular flexibility index (Phi) is 10.6. The number of carboxylic acid groups (broad SMARTS) is 1. The standard InChI is InChI=1S/C19H18N8O.C11H14N4.C9H7N3O2/c28-19(16-22-13-27(24-16)15-4-2-1-3-5-15)23-14-6-9-26(12-14)18-17-20-7-10-25(17)11-8-21-18;12-9-3-6-15(8-9)11-10-2-1-5-14(10)7-4-13-11;13-9(14)8-10-6-12(11-8)7-4-2-1-3-5-7/h1-5,7-8,10-11,13-14H,6,9,12H2,(H,23,28);1-2,4-5,7,9H,3,6,8,12H2;1-6H,(H,13,14)/t14-;9-;/m11./s1. The molecule has 1 amide bonds. The summed E-state index contributed by atoms with van der Waals surface area (Å²) in [4.78, 5) is 48.6. The Morgan fingerprint density at radius 3 is 1.89 bits per heavy atom. The fourth-order valence-corrected chi connectivity index (χ4v) is 6.70. The van der Waals surface area contributed by atoms with E-state index < -0.39 is 5.97 Å². The molecular formula is C39H39N15O3. The zero-order valence-corrected chi connectivity index (χ0v) is 30.7. The summed E-state index contributed by atoms with van der Waals surface area (Å²) >= 11 is 0. The number of para-hydroxylation sites is 2. The molecule has 0 saturated carbocycles.